The van der Waals surface area contributed by atoms with Crippen molar-refractivity contribution in [3.05, 3.63) is 60.4 Å². The molecule has 0 saturated heterocycles. The van der Waals surface area contributed by atoms with Crippen LogP contribution in [-0.2, 0) is 14.8 Å². The first kappa shape index (κ1) is 20.6. The van der Waals surface area contributed by atoms with E-state index in [9.17, 15) is 13.2 Å². The van der Waals surface area contributed by atoms with Crippen LogP contribution in [-0.4, -0.2) is 39.3 Å². The minimum atomic E-state index is -3.73. The summed E-state index contributed by atoms with van der Waals surface area (Å²) in [5.41, 5.74) is 1.07. The monoisotopic (exact) mass is 414 g/mol. The molecule has 2 aromatic carbocycles. The number of furan rings is 1. The van der Waals surface area contributed by atoms with Crippen LogP contribution >= 0.6 is 0 Å². The number of nitrogens with one attached hydrogen (secondary N) is 1. The Hall–Kier alpha value is -3.10. The van der Waals surface area contributed by atoms with Crippen LogP contribution in [0.15, 0.2) is 63.9 Å². The maximum Gasteiger partial charge on any atom is 0.248 e. The molecule has 7 nitrogen and oxygen atoms in total. The lowest BCUT2D eigenvalue weighted by atomic mass is 10.2. The molecule has 0 spiro atoms. The van der Waals surface area contributed by atoms with Gasteiger partial charge in [-0.1, -0.05) is 18.2 Å². The number of sulfonamides is 1. The van der Waals surface area contributed by atoms with Gasteiger partial charge in [0.2, 0.25) is 15.9 Å². The number of nitrogens with zero attached hydrogens (tertiary/aromatic N) is 1. The number of amides is 1. The van der Waals surface area contributed by atoms with Crippen LogP contribution in [0.5, 0.6) is 5.75 Å². The predicted octanol–water partition coefficient (Wildman–Crippen LogP) is 3.73. The van der Waals surface area contributed by atoms with E-state index in [4.69, 9.17) is 9.15 Å². The first-order chi connectivity index (χ1) is 13.8. The van der Waals surface area contributed by atoms with E-state index in [1.165, 1.54) is 32.3 Å². The number of fused-ring (bicyclic) bond motifs is 1. The SMILES string of the molecule is CCOc1ccc(NC(=O)/C=C/c2cc3ccccc3o2)cc1S(=O)(=O)N(C)C. The molecule has 0 unspecified atom stereocenters. The number of hydrogen-bond acceptors (Lipinski definition) is 5. The van der Waals surface area contributed by atoms with Crippen molar-refractivity contribution in [2.24, 2.45) is 0 Å². The van der Waals surface area contributed by atoms with Crippen LogP contribution in [0.4, 0.5) is 5.69 Å². The zero-order valence-corrected chi connectivity index (χ0v) is 17.2. The number of rotatable bonds is 7. The third kappa shape index (κ3) is 4.67. The highest BCUT2D eigenvalue weighted by Gasteiger charge is 2.23. The summed E-state index contributed by atoms with van der Waals surface area (Å²) in [5.74, 6) is 0.365. The maximum atomic E-state index is 12.6. The van der Waals surface area contributed by atoms with Crippen molar-refractivity contribution in [1.82, 2.24) is 4.31 Å². The van der Waals surface area contributed by atoms with Gasteiger partial charge in [0.05, 0.1) is 6.61 Å². The number of carbonyl (C=O) groups excluding carboxylic acids is 1. The largest absolute Gasteiger partial charge is 0.492 e. The van der Waals surface area contributed by atoms with Crippen LogP contribution < -0.4 is 10.1 Å². The summed E-state index contributed by atoms with van der Waals surface area (Å²) >= 11 is 0. The Balaban J connectivity index is 1.80. The lowest BCUT2D eigenvalue weighted by Crippen LogP contribution is -2.23. The normalized spacial score (nSPS) is 12.0. The van der Waals surface area contributed by atoms with Gasteiger partial charge in [0.25, 0.3) is 0 Å². The molecule has 0 bridgehead atoms. The summed E-state index contributed by atoms with van der Waals surface area (Å²) in [4.78, 5) is 12.3. The Labute approximate surface area is 169 Å². The highest BCUT2D eigenvalue weighted by atomic mass is 32.2. The second-order valence-corrected chi connectivity index (χ2v) is 8.51. The number of ether oxygens (including phenoxy) is 1. The fourth-order valence-electron chi connectivity index (χ4n) is 2.69. The summed E-state index contributed by atoms with van der Waals surface area (Å²) in [5, 5.41) is 3.60. The Bertz CT molecular complexity index is 1130. The average molecular weight is 414 g/mol. The smallest absolute Gasteiger partial charge is 0.248 e. The molecule has 1 aromatic heterocycles. The van der Waals surface area contributed by atoms with Gasteiger partial charge in [-0.05, 0) is 43.3 Å². The molecule has 0 fully saturated rings. The van der Waals surface area contributed by atoms with Gasteiger partial charge in [-0.25, -0.2) is 12.7 Å². The molecule has 29 heavy (non-hydrogen) atoms. The summed E-state index contributed by atoms with van der Waals surface area (Å²) in [6, 6.07) is 13.9. The lowest BCUT2D eigenvalue weighted by Gasteiger charge is -2.16. The molecular formula is C21H22N2O5S. The van der Waals surface area contributed by atoms with Gasteiger partial charge in [-0.3, -0.25) is 4.79 Å². The molecule has 1 heterocycles. The molecule has 0 saturated carbocycles. The van der Waals surface area contributed by atoms with Crippen molar-refractivity contribution in [1.29, 1.82) is 0 Å². The fourth-order valence-corrected chi connectivity index (χ4v) is 3.74. The first-order valence-electron chi connectivity index (χ1n) is 8.98. The molecule has 0 aliphatic carbocycles. The molecule has 0 aliphatic heterocycles. The second-order valence-electron chi connectivity index (χ2n) is 6.39. The zero-order valence-electron chi connectivity index (χ0n) is 16.4. The van der Waals surface area contributed by atoms with E-state index in [2.05, 4.69) is 5.32 Å². The Kier molecular flexibility index (Phi) is 6.05. The first-order valence-corrected chi connectivity index (χ1v) is 10.4. The van der Waals surface area contributed by atoms with Crippen LogP contribution in [0.3, 0.4) is 0 Å². The molecule has 0 aliphatic rings. The van der Waals surface area contributed by atoms with Gasteiger partial charge in [0.15, 0.2) is 0 Å². The fraction of sp³-hybridized carbons (Fsp3) is 0.190. The molecule has 0 radical (unpaired) electrons. The molecule has 3 aromatic rings. The van der Waals surface area contributed by atoms with E-state index in [-0.39, 0.29) is 10.6 Å². The second kappa shape index (κ2) is 8.50. The van der Waals surface area contributed by atoms with Gasteiger partial charge < -0.3 is 14.5 Å². The van der Waals surface area contributed by atoms with Crippen LogP contribution in [0, 0.1) is 0 Å². The van der Waals surface area contributed by atoms with Crippen molar-refractivity contribution in [2.75, 3.05) is 26.0 Å². The molecule has 152 valence electrons. The van der Waals surface area contributed by atoms with Gasteiger partial charge >= 0.3 is 0 Å². The number of benzene rings is 2. The molecule has 3 rings (SSSR count). The maximum absolute atomic E-state index is 12.6. The summed E-state index contributed by atoms with van der Waals surface area (Å²) in [6.45, 7) is 2.09. The van der Waals surface area contributed by atoms with Crippen molar-refractivity contribution >= 4 is 38.7 Å². The average Bonchev–Trinajstić information content (AvgIpc) is 3.10. The Morgan fingerprint density at radius 2 is 1.93 bits per heavy atom. The summed E-state index contributed by atoms with van der Waals surface area (Å²) in [6.07, 6.45) is 2.88. The number of carbonyl (C=O) groups is 1. The predicted molar refractivity (Wildman–Crippen MR) is 112 cm³/mol. The van der Waals surface area contributed by atoms with Gasteiger partial charge in [-0.15, -0.1) is 0 Å². The third-order valence-electron chi connectivity index (χ3n) is 4.11. The minimum Gasteiger partial charge on any atom is -0.492 e. The molecule has 1 N–H and O–H groups in total. The van der Waals surface area contributed by atoms with E-state index >= 15 is 0 Å². The Morgan fingerprint density at radius 3 is 2.62 bits per heavy atom. The highest BCUT2D eigenvalue weighted by molar-refractivity contribution is 7.89. The van der Waals surface area contributed by atoms with Crippen molar-refractivity contribution in [3.63, 3.8) is 0 Å². The highest BCUT2D eigenvalue weighted by Crippen LogP contribution is 2.29. The van der Waals surface area contributed by atoms with Crippen molar-refractivity contribution in [3.8, 4) is 5.75 Å². The number of para-hydroxylation sites is 1. The number of anilines is 1. The van der Waals surface area contributed by atoms with Gasteiger partial charge in [0, 0.05) is 31.2 Å². The van der Waals surface area contributed by atoms with E-state index < -0.39 is 15.9 Å². The van der Waals surface area contributed by atoms with Crippen molar-refractivity contribution in [2.45, 2.75) is 11.8 Å². The molecule has 1 amide bonds. The number of hydrogen-bond donors (Lipinski definition) is 1. The van der Waals surface area contributed by atoms with Crippen LogP contribution in [0.1, 0.15) is 12.7 Å². The van der Waals surface area contributed by atoms with E-state index in [1.807, 2.05) is 30.3 Å². The standard InChI is InChI=1S/C21H22N2O5S/c1-4-27-19-11-9-16(14-20(19)29(25,26)23(2)3)22-21(24)12-10-17-13-15-7-5-6-8-18(15)28-17/h5-14H,4H2,1-3H3,(H,22,24)/b12-10+. The molecule has 8 heteroatoms. The van der Waals surface area contributed by atoms with Crippen LogP contribution in [0.25, 0.3) is 17.0 Å². The lowest BCUT2D eigenvalue weighted by molar-refractivity contribution is -0.111. The third-order valence-corrected chi connectivity index (χ3v) is 5.95. The molecule has 0 atom stereocenters. The summed E-state index contributed by atoms with van der Waals surface area (Å²) in [7, 11) is -0.860. The van der Waals surface area contributed by atoms with Crippen LogP contribution in [0.2, 0.25) is 0 Å². The quantitative estimate of drug-likeness (QED) is 0.595. The molecular weight excluding hydrogens is 392 g/mol. The summed E-state index contributed by atoms with van der Waals surface area (Å²) < 4.78 is 37.3. The zero-order chi connectivity index (χ0) is 21.0. The van der Waals surface area contributed by atoms with Gasteiger partial charge in [-0.2, -0.15) is 0 Å². The minimum absolute atomic E-state index is 0.0107. The van der Waals surface area contributed by atoms with E-state index in [0.717, 1.165) is 15.3 Å². The van der Waals surface area contributed by atoms with E-state index in [1.54, 1.807) is 19.1 Å². The van der Waals surface area contributed by atoms with Crippen molar-refractivity contribution < 1.29 is 22.4 Å². The Morgan fingerprint density at radius 1 is 1.17 bits per heavy atom. The van der Waals surface area contributed by atoms with E-state index in [0.29, 0.717) is 18.1 Å². The topological polar surface area (TPSA) is 88.8 Å². The van der Waals surface area contributed by atoms with Gasteiger partial charge in [0.1, 0.15) is 22.0 Å².